The normalized spacial score (nSPS) is 23.0. The summed E-state index contributed by atoms with van der Waals surface area (Å²) >= 11 is 2.04. The van der Waals surface area contributed by atoms with Gasteiger partial charge in [0, 0.05) is 38.5 Å². The number of hydrogen-bond acceptors (Lipinski definition) is 4. The number of rotatable bonds is 6. The van der Waals surface area contributed by atoms with E-state index in [-0.39, 0.29) is 11.9 Å². The molecule has 0 amide bonds. The van der Waals surface area contributed by atoms with Crippen LogP contribution in [0.15, 0.2) is 29.3 Å². The van der Waals surface area contributed by atoms with Crippen LogP contribution in [0.1, 0.15) is 24.4 Å². The molecule has 2 saturated heterocycles. The number of benzene rings is 1. The summed E-state index contributed by atoms with van der Waals surface area (Å²) in [6, 6.07) is 6.99. The van der Waals surface area contributed by atoms with Gasteiger partial charge in [-0.3, -0.25) is 9.89 Å². The van der Waals surface area contributed by atoms with Gasteiger partial charge in [0.1, 0.15) is 5.82 Å². The van der Waals surface area contributed by atoms with E-state index >= 15 is 0 Å². The smallest absolute Gasteiger partial charge is 0.191 e. The lowest BCUT2D eigenvalue weighted by molar-refractivity contribution is 0.0170. The predicted octanol–water partition coefficient (Wildman–Crippen LogP) is 2.26. The molecule has 2 heterocycles. The van der Waals surface area contributed by atoms with Crippen molar-refractivity contribution < 1.29 is 9.13 Å². The second-order valence-corrected chi connectivity index (χ2v) is 8.09. The highest BCUT2D eigenvalue weighted by molar-refractivity contribution is 8.00. The van der Waals surface area contributed by atoms with E-state index in [9.17, 15) is 4.39 Å². The van der Waals surface area contributed by atoms with Gasteiger partial charge in [-0.05, 0) is 36.3 Å². The molecule has 2 atom stereocenters. The Balaban J connectivity index is 1.59. The first-order chi connectivity index (χ1) is 12.8. The summed E-state index contributed by atoms with van der Waals surface area (Å²) in [6.45, 7) is 4.92. The molecule has 2 N–H and O–H groups in total. The average Bonchev–Trinajstić information content (AvgIpc) is 3.20. The van der Waals surface area contributed by atoms with E-state index in [2.05, 4.69) is 20.5 Å². The van der Waals surface area contributed by atoms with Crippen LogP contribution >= 0.6 is 11.8 Å². The molecular weight excluding hydrogens is 351 g/mol. The van der Waals surface area contributed by atoms with Crippen LogP contribution in [-0.2, 0) is 4.74 Å². The molecule has 2 fully saturated rings. The zero-order chi connectivity index (χ0) is 18.2. The minimum absolute atomic E-state index is 0.166. The summed E-state index contributed by atoms with van der Waals surface area (Å²) in [6.07, 6.45) is 2.59. The molecule has 0 saturated carbocycles. The van der Waals surface area contributed by atoms with Crippen molar-refractivity contribution >= 4 is 17.7 Å². The van der Waals surface area contributed by atoms with Gasteiger partial charge in [-0.1, -0.05) is 12.1 Å². The number of ether oxygens (including phenoxy) is 1. The third-order valence-electron chi connectivity index (χ3n) is 4.95. The van der Waals surface area contributed by atoms with Crippen molar-refractivity contribution in [3.63, 3.8) is 0 Å². The second kappa shape index (κ2) is 10.1. The molecular formula is C19H29FN4OS. The summed E-state index contributed by atoms with van der Waals surface area (Å²) in [5.41, 5.74) is 1.11. The SMILES string of the molecule is CN=C(NCC1CCCS1)NCC(c1ccc(F)cc1)N1CCOCC1. The van der Waals surface area contributed by atoms with Crippen LogP contribution in [0.25, 0.3) is 0 Å². The highest BCUT2D eigenvalue weighted by Crippen LogP contribution is 2.25. The molecule has 2 aliphatic rings. The van der Waals surface area contributed by atoms with E-state index in [4.69, 9.17) is 4.74 Å². The summed E-state index contributed by atoms with van der Waals surface area (Å²) in [7, 11) is 1.80. The maximum atomic E-state index is 13.3. The Kier molecular flexibility index (Phi) is 7.58. The molecule has 7 heteroatoms. The number of guanidine groups is 1. The molecule has 5 nitrogen and oxygen atoms in total. The van der Waals surface area contributed by atoms with Gasteiger partial charge < -0.3 is 15.4 Å². The molecule has 1 aromatic rings. The third kappa shape index (κ3) is 5.59. The largest absolute Gasteiger partial charge is 0.379 e. The molecule has 2 aliphatic heterocycles. The molecule has 3 rings (SSSR count). The zero-order valence-corrected chi connectivity index (χ0v) is 16.2. The number of nitrogens with zero attached hydrogens (tertiary/aromatic N) is 2. The van der Waals surface area contributed by atoms with Gasteiger partial charge in [-0.25, -0.2) is 4.39 Å². The predicted molar refractivity (Wildman–Crippen MR) is 106 cm³/mol. The molecule has 0 spiro atoms. The van der Waals surface area contributed by atoms with Crippen LogP contribution in [0.3, 0.4) is 0 Å². The summed E-state index contributed by atoms with van der Waals surface area (Å²) in [5, 5.41) is 7.58. The lowest BCUT2D eigenvalue weighted by Gasteiger charge is -2.35. The molecule has 0 aliphatic carbocycles. The van der Waals surface area contributed by atoms with Gasteiger partial charge in [0.25, 0.3) is 0 Å². The fourth-order valence-corrected chi connectivity index (χ4v) is 4.66. The fraction of sp³-hybridized carbons (Fsp3) is 0.632. The van der Waals surface area contributed by atoms with Crippen molar-refractivity contribution in [2.75, 3.05) is 52.2 Å². The maximum Gasteiger partial charge on any atom is 0.191 e. The third-order valence-corrected chi connectivity index (χ3v) is 6.35. The van der Waals surface area contributed by atoms with Crippen LogP contribution < -0.4 is 10.6 Å². The molecule has 0 radical (unpaired) electrons. The monoisotopic (exact) mass is 380 g/mol. The van der Waals surface area contributed by atoms with Gasteiger partial charge in [-0.2, -0.15) is 11.8 Å². The van der Waals surface area contributed by atoms with Gasteiger partial charge in [0.2, 0.25) is 0 Å². The number of aliphatic imine (C=N–C) groups is 1. The maximum absolute atomic E-state index is 13.3. The minimum atomic E-state index is -0.200. The second-order valence-electron chi connectivity index (χ2n) is 6.68. The number of morpholine rings is 1. The Morgan fingerprint density at radius 1 is 1.31 bits per heavy atom. The van der Waals surface area contributed by atoms with Crippen LogP contribution in [0, 0.1) is 5.82 Å². The van der Waals surface area contributed by atoms with Crippen LogP contribution in [0.2, 0.25) is 0 Å². The first kappa shape index (κ1) is 19.5. The van der Waals surface area contributed by atoms with E-state index < -0.39 is 0 Å². The number of nitrogens with one attached hydrogen (secondary N) is 2. The van der Waals surface area contributed by atoms with Gasteiger partial charge in [-0.15, -0.1) is 0 Å². The Morgan fingerprint density at radius 2 is 2.08 bits per heavy atom. The highest BCUT2D eigenvalue weighted by atomic mass is 32.2. The van der Waals surface area contributed by atoms with Gasteiger partial charge in [0.05, 0.1) is 19.3 Å². The molecule has 26 heavy (non-hydrogen) atoms. The molecule has 144 valence electrons. The Labute approximate surface area is 159 Å². The first-order valence-electron chi connectivity index (χ1n) is 9.39. The van der Waals surface area contributed by atoms with E-state index in [1.54, 1.807) is 7.05 Å². The van der Waals surface area contributed by atoms with Crippen molar-refractivity contribution in [3.8, 4) is 0 Å². The number of thioether (sulfide) groups is 1. The summed E-state index contributed by atoms with van der Waals surface area (Å²) in [5.74, 6) is 1.90. The standard InChI is InChI=1S/C19H29FN4OS/c1-21-19(22-13-17-3-2-12-26-17)23-14-18(24-8-10-25-11-9-24)15-4-6-16(20)7-5-15/h4-7,17-18H,2-3,8-14H2,1H3,(H2,21,22,23). The first-order valence-corrected chi connectivity index (χ1v) is 10.4. The van der Waals surface area contributed by atoms with Crippen LogP contribution in [-0.4, -0.2) is 68.3 Å². The van der Waals surface area contributed by atoms with E-state index in [0.717, 1.165) is 50.9 Å². The van der Waals surface area contributed by atoms with Gasteiger partial charge >= 0.3 is 0 Å². The van der Waals surface area contributed by atoms with E-state index in [0.29, 0.717) is 5.25 Å². The average molecular weight is 381 g/mol. The Bertz CT molecular complexity index is 571. The molecule has 1 aromatic carbocycles. The van der Waals surface area contributed by atoms with Crippen molar-refractivity contribution in [2.24, 2.45) is 4.99 Å². The van der Waals surface area contributed by atoms with Crippen molar-refractivity contribution in [1.82, 2.24) is 15.5 Å². The minimum Gasteiger partial charge on any atom is -0.379 e. The lowest BCUT2D eigenvalue weighted by Crippen LogP contribution is -2.47. The zero-order valence-electron chi connectivity index (χ0n) is 15.4. The fourth-order valence-electron chi connectivity index (χ4n) is 3.46. The molecule has 0 aromatic heterocycles. The van der Waals surface area contributed by atoms with Gasteiger partial charge in [0.15, 0.2) is 5.96 Å². The van der Waals surface area contributed by atoms with Crippen molar-refractivity contribution in [3.05, 3.63) is 35.6 Å². The quantitative estimate of drug-likeness (QED) is 0.586. The number of halogens is 1. The van der Waals surface area contributed by atoms with Crippen LogP contribution in [0.5, 0.6) is 0 Å². The summed E-state index contributed by atoms with van der Waals surface area (Å²) < 4.78 is 18.8. The lowest BCUT2D eigenvalue weighted by atomic mass is 10.0. The van der Waals surface area contributed by atoms with Crippen LogP contribution in [0.4, 0.5) is 4.39 Å². The van der Waals surface area contributed by atoms with E-state index in [1.165, 1.54) is 30.7 Å². The van der Waals surface area contributed by atoms with Crippen molar-refractivity contribution in [2.45, 2.75) is 24.1 Å². The molecule has 0 bridgehead atoms. The van der Waals surface area contributed by atoms with Crippen molar-refractivity contribution in [1.29, 1.82) is 0 Å². The van der Waals surface area contributed by atoms with E-state index in [1.807, 2.05) is 23.9 Å². The molecule has 2 unspecified atom stereocenters. The Hall–Kier alpha value is -1.31. The number of hydrogen-bond donors (Lipinski definition) is 2. The Morgan fingerprint density at radius 3 is 2.73 bits per heavy atom. The highest BCUT2D eigenvalue weighted by Gasteiger charge is 2.23. The topological polar surface area (TPSA) is 48.9 Å². The summed E-state index contributed by atoms with van der Waals surface area (Å²) in [4.78, 5) is 6.75.